The molecule has 1 atom stereocenters. The van der Waals surface area contributed by atoms with E-state index < -0.39 is 0 Å². The summed E-state index contributed by atoms with van der Waals surface area (Å²) < 4.78 is 0. The van der Waals surface area contributed by atoms with E-state index in [1.54, 1.807) is 0 Å². The Bertz CT molecular complexity index is 326. The lowest BCUT2D eigenvalue weighted by molar-refractivity contribution is 0.414. The number of rotatable bonds is 3. The molecule has 15 heavy (non-hydrogen) atoms. The summed E-state index contributed by atoms with van der Waals surface area (Å²) in [5, 5.41) is 3.44. The van der Waals surface area contributed by atoms with E-state index in [1.165, 1.54) is 6.42 Å². The van der Waals surface area contributed by atoms with Crippen LogP contribution in [0, 0.1) is 0 Å². The fraction of sp³-hybridized carbons (Fsp3) is 0.545. The zero-order valence-electron chi connectivity index (χ0n) is 9.11. The Balaban J connectivity index is 1.98. The van der Waals surface area contributed by atoms with Crippen LogP contribution in [0.15, 0.2) is 18.3 Å². The van der Waals surface area contributed by atoms with Crippen LogP contribution in [0.2, 0.25) is 0 Å². The topological polar surface area (TPSA) is 54.2 Å². The van der Waals surface area contributed by atoms with Gasteiger partial charge in [0, 0.05) is 25.3 Å². The van der Waals surface area contributed by atoms with Crippen molar-refractivity contribution in [2.24, 2.45) is 5.73 Å². The number of pyridine rings is 1. The van der Waals surface area contributed by atoms with Crippen LogP contribution in [0.3, 0.4) is 0 Å². The van der Waals surface area contributed by atoms with Crippen LogP contribution in [-0.4, -0.2) is 36.1 Å². The van der Waals surface area contributed by atoms with Crippen molar-refractivity contribution in [1.29, 1.82) is 0 Å². The predicted molar refractivity (Wildman–Crippen MR) is 61.7 cm³/mol. The fourth-order valence-electron chi connectivity index (χ4n) is 1.94. The van der Waals surface area contributed by atoms with Gasteiger partial charge in [0.1, 0.15) is 5.82 Å². The first-order valence-corrected chi connectivity index (χ1v) is 5.38. The van der Waals surface area contributed by atoms with Gasteiger partial charge < -0.3 is 16.0 Å². The van der Waals surface area contributed by atoms with Crippen LogP contribution in [0.25, 0.3) is 0 Å². The third-order valence-electron chi connectivity index (χ3n) is 2.80. The van der Waals surface area contributed by atoms with E-state index in [0.29, 0.717) is 12.6 Å². The molecule has 0 aliphatic carbocycles. The van der Waals surface area contributed by atoms with Gasteiger partial charge in [-0.05, 0) is 37.7 Å². The van der Waals surface area contributed by atoms with Gasteiger partial charge in [-0.25, -0.2) is 4.98 Å². The van der Waals surface area contributed by atoms with Crippen molar-refractivity contribution in [3.8, 4) is 0 Å². The SMILES string of the molecule is CN1CCC(Nc2cc(CN)ccn2)C1. The molecule has 4 heteroatoms. The zero-order valence-corrected chi connectivity index (χ0v) is 9.11. The minimum absolute atomic E-state index is 0.524. The third-order valence-corrected chi connectivity index (χ3v) is 2.80. The summed E-state index contributed by atoms with van der Waals surface area (Å²) in [5.41, 5.74) is 6.71. The molecular weight excluding hydrogens is 188 g/mol. The van der Waals surface area contributed by atoms with Crippen LogP contribution in [0.5, 0.6) is 0 Å². The first-order chi connectivity index (χ1) is 7.28. The molecule has 2 heterocycles. The van der Waals surface area contributed by atoms with Gasteiger partial charge in [-0.3, -0.25) is 0 Å². The van der Waals surface area contributed by atoms with Crippen LogP contribution >= 0.6 is 0 Å². The number of hydrogen-bond donors (Lipinski definition) is 2. The summed E-state index contributed by atoms with van der Waals surface area (Å²) in [6.45, 7) is 2.82. The Labute approximate surface area is 90.5 Å². The molecule has 0 spiro atoms. The van der Waals surface area contributed by atoms with E-state index in [9.17, 15) is 0 Å². The minimum Gasteiger partial charge on any atom is -0.366 e. The Morgan fingerprint density at radius 1 is 1.67 bits per heavy atom. The quantitative estimate of drug-likeness (QED) is 0.762. The summed E-state index contributed by atoms with van der Waals surface area (Å²) in [5.74, 6) is 0.943. The molecule has 0 saturated carbocycles. The minimum atomic E-state index is 0.524. The average Bonchev–Trinajstić information content (AvgIpc) is 2.64. The maximum Gasteiger partial charge on any atom is 0.126 e. The van der Waals surface area contributed by atoms with Gasteiger partial charge in [-0.1, -0.05) is 0 Å². The van der Waals surface area contributed by atoms with E-state index in [0.717, 1.165) is 24.5 Å². The molecule has 0 bridgehead atoms. The monoisotopic (exact) mass is 206 g/mol. The Hall–Kier alpha value is -1.13. The molecular formula is C11H18N4. The lowest BCUT2D eigenvalue weighted by Crippen LogP contribution is -2.24. The maximum absolute atomic E-state index is 5.59. The van der Waals surface area contributed by atoms with Gasteiger partial charge >= 0.3 is 0 Å². The number of aromatic nitrogens is 1. The number of likely N-dealkylation sites (tertiary alicyclic amines) is 1. The molecule has 1 aromatic rings. The summed E-state index contributed by atoms with van der Waals surface area (Å²) in [6.07, 6.45) is 2.99. The molecule has 1 fully saturated rings. The second kappa shape index (κ2) is 4.59. The smallest absolute Gasteiger partial charge is 0.126 e. The molecule has 0 radical (unpaired) electrons. The molecule has 0 amide bonds. The number of nitrogens with one attached hydrogen (secondary N) is 1. The van der Waals surface area contributed by atoms with Gasteiger partial charge in [-0.15, -0.1) is 0 Å². The highest BCUT2D eigenvalue weighted by atomic mass is 15.2. The maximum atomic E-state index is 5.59. The molecule has 4 nitrogen and oxygen atoms in total. The van der Waals surface area contributed by atoms with Crippen molar-refractivity contribution in [3.05, 3.63) is 23.9 Å². The molecule has 82 valence electrons. The number of likely N-dealkylation sites (N-methyl/N-ethyl adjacent to an activating group) is 1. The number of anilines is 1. The first-order valence-electron chi connectivity index (χ1n) is 5.38. The Kier molecular flexibility index (Phi) is 3.18. The number of nitrogens with zero attached hydrogens (tertiary/aromatic N) is 2. The largest absolute Gasteiger partial charge is 0.366 e. The summed E-state index contributed by atoms with van der Waals surface area (Å²) in [6, 6.07) is 4.50. The highest BCUT2D eigenvalue weighted by Crippen LogP contribution is 2.13. The summed E-state index contributed by atoms with van der Waals surface area (Å²) in [4.78, 5) is 6.61. The fourth-order valence-corrected chi connectivity index (χ4v) is 1.94. The second-order valence-corrected chi connectivity index (χ2v) is 4.15. The average molecular weight is 206 g/mol. The van der Waals surface area contributed by atoms with Crippen LogP contribution in [0.1, 0.15) is 12.0 Å². The van der Waals surface area contributed by atoms with Crippen molar-refractivity contribution in [1.82, 2.24) is 9.88 Å². The van der Waals surface area contributed by atoms with Crippen molar-refractivity contribution in [3.63, 3.8) is 0 Å². The van der Waals surface area contributed by atoms with Gasteiger partial charge in [0.05, 0.1) is 0 Å². The molecule has 1 aromatic heterocycles. The summed E-state index contributed by atoms with van der Waals surface area (Å²) >= 11 is 0. The standard InChI is InChI=1S/C11H18N4/c1-15-5-3-10(8-15)14-11-6-9(7-12)2-4-13-11/h2,4,6,10H,3,5,7-8,12H2,1H3,(H,13,14). The highest BCUT2D eigenvalue weighted by molar-refractivity contribution is 5.38. The molecule has 1 aliphatic rings. The van der Waals surface area contributed by atoms with Crippen LogP contribution < -0.4 is 11.1 Å². The van der Waals surface area contributed by atoms with Crippen molar-refractivity contribution in [2.75, 3.05) is 25.5 Å². The lowest BCUT2D eigenvalue weighted by atomic mass is 10.2. The normalized spacial score (nSPS) is 21.9. The Morgan fingerprint density at radius 2 is 2.53 bits per heavy atom. The first kappa shape index (κ1) is 10.4. The van der Waals surface area contributed by atoms with Gasteiger partial charge in [0.2, 0.25) is 0 Å². The van der Waals surface area contributed by atoms with E-state index in [-0.39, 0.29) is 0 Å². The van der Waals surface area contributed by atoms with Crippen LogP contribution in [-0.2, 0) is 6.54 Å². The molecule has 1 aliphatic heterocycles. The molecule has 1 saturated heterocycles. The molecule has 0 aromatic carbocycles. The van der Waals surface area contributed by atoms with Crippen molar-refractivity contribution < 1.29 is 0 Å². The molecule has 2 rings (SSSR count). The highest BCUT2D eigenvalue weighted by Gasteiger charge is 2.19. The second-order valence-electron chi connectivity index (χ2n) is 4.15. The van der Waals surface area contributed by atoms with E-state index in [2.05, 4.69) is 22.2 Å². The van der Waals surface area contributed by atoms with E-state index in [4.69, 9.17) is 5.73 Å². The number of hydrogen-bond acceptors (Lipinski definition) is 4. The van der Waals surface area contributed by atoms with Gasteiger partial charge in [-0.2, -0.15) is 0 Å². The predicted octanol–water partition coefficient (Wildman–Crippen LogP) is 0.656. The summed E-state index contributed by atoms with van der Waals surface area (Å²) in [7, 11) is 2.14. The van der Waals surface area contributed by atoms with Gasteiger partial charge in [0.15, 0.2) is 0 Å². The Morgan fingerprint density at radius 3 is 3.20 bits per heavy atom. The van der Waals surface area contributed by atoms with Gasteiger partial charge in [0.25, 0.3) is 0 Å². The third kappa shape index (κ3) is 2.67. The molecule has 1 unspecified atom stereocenters. The van der Waals surface area contributed by atoms with Crippen LogP contribution in [0.4, 0.5) is 5.82 Å². The lowest BCUT2D eigenvalue weighted by Gasteiger charge is -2.13. The van der Waals surface area contributed by atoms with E-state index in [1.807, 2.05) is 18.3 Å². The zero-order chi connectivity index (χ0) is 10.7. The van der Waals surface area contributed by atoms with Crippen molar-refractivity contribution >= 4 is 5.82 Å². The molecule has 3 N–H and O–H groups in total. The number of nitrogens with two attached hydrogens (primary N) is 1. The van der Waals surface area contributed by atoms with E-state index >= 15 is 0 Å². The van der Waals surface area contributed by atoms with Crippen molar-refractivity contribution in [2.45, 2.75) is 19.0 Å².